The molecule has 8 heteroatoms. The summed E-state index contributed by atoms with van der Waals surface area (Å²) in [5.74, 6) is 0.487. The summed E-state index contributed by atoms with van der Waals surface area (Å²) >= 11 is 7.37. The number of hydrogen-bond acceptors (Lipinski definition) is 5. The Balaban J connectivity index is 2.45. The van der Waals surface area contributed by atoms with Gasteiger partial charge in [0.05, 0.1) is 11.8 Å². The summed E-state index contributed by atoms with van der Waals surface area (Å²) in [5, 5.41) is 2.98. The predicted molar refractivity (Wildman–Crippen MR) is 84.1 cm³/mol. The van der Waals surface area contributed by atoms with Crippen LogP contribution in [0.3, 0.4) is 0 Å². The summed E-state index contributed by atoms with van der Waals surface area (Å²) in [6, 6.07) is 2.50. The molecule has 0 radical (unpaired) electrons. The van der Waals surface area contributed by atoms with E-state index < -0.39 is 12.1 Å². The van der Waals surface area contributed by atoms with Crippen LogP contribution < -0.4 is 10.2 Å². The highest BCUT2D eigenvalue weighted by Gasteiger charge is 2.39. The van der Waals surface area contributed by atoms with Crippen LogP contribution >= 0.6 is 23.4 Å². The molecule has 2 heterocycles. The maximum atomic E-state index is 12.3. The number of nitrogens with zero attached hydrogens (tertiary/aromatic N) is 2. The second-order valence-corrected chi connectivity index (χ2v) is 6.07. The molecule has 1 aromatic rings. The maximum absolute atomic E-state index is 12.3. The lowest BCUT2D eigenvalue weighted by molar-refractivity contribution is -0.117. The highest BCUT2D eigenvalue weighted by molar-refractivity contribution is 7.98. The highest BCUT2D eigenvalue weighted by Crippen LogP contribution is 2.33. The number of halogens is 1. The second kappa shape index (κ2) is 6.53. The molecule has 6 nitrogen and oxygen atoms in total. The minimum atomic E-state index is -0.676. The van der Waals surface area contributed by atoms with Crippen molar-refractivity contribution >= 4 is 46.9 Å². The maximum Gasteiger partial charge on any atom is 0.416 e. The molecular weight excluding hydrogens is 314 g/mol. The molecule has 0 spiro atoms. The molecule has 114 valence electrons. The average molecular weight is 330 g/mol. The van der Waals surface area contributed by atoms with Crippen molar-refractivity contribution in [3.8, 4) is 0 Å². The van der Waals surface area contributed by atoms with Gasteiger partial charge in [0, 0.05) is 5.75 Å². The Morgan fingerprint density at radius 2 is 2.29 bits per heavy atom. The van der Waals surface area contributed by atoms with Gasteiger partial charge in [-0.05, 0) is 32.2 Å². The van der Waals surface area contributed by atoms with E-state index in [-0.39, 0.29) is 17.2 Å². The van der Waals surface area contributed by atoms with E-state index in [2.05, 4.69) is 10.3 Å². The highest BCUT2D eigenvalue weighted by atomic mass is 35.5. The Bertz CT molecular complexity index is 568. The van der Waals surface area contributed by atoms with E-state index in [1.807, 2.05) is 6.26 Å². The first-order valence-corrected chi connectivity index (χ1v) is 8.17. The number of anilines is 2. The van der Waals surface area contributed by atoms with Crippen molar-refractivity contribution < 1.29 is 14.3 Å². The van der Waals surface area contributed by atoms with Gasteiger partial charge in [-0.1, -0.05) is 11.6 Å². The first-order chi connectivity index (χ1) is 9.93. The zero-order valence-electron chi connectivity index (χ0n) is 11.9. The molecule has 1 N–H and O–H groups in total. The molecule has 0 aromatic carbocycles. The third-order valence-electron chi connectivity index (χ3n) is 2.80. The van der Waals surface area contributed by atoms with Gasteiger partial charge in [-0.25, -0.2) is 14.7 Å². The Labute approximate surface area is 132 Å². The lowest BCUT2D eigenvalue weighted by Crippen LogP contribution is -2.53. The molecule has 2 amide bonds. The Hall–Kier alpha value is -1.47. The second-order valence-electron chi connectivity index (χ2n) is 4.77. The van der Waals surface area contributed by atoms with E-state index in [1.165, 1.54) is 16.7 Å². The number of aromatic nitrogens is 1. The van der Waals surface area contributed by atoms with Gasteiger partial charge >= 0.3 is 6.09 Å². The van der Waals surface area contributed by atoms with Crippen LogP contribution in [0.25, 0.3) is 0 Å². The third kappa shape index (κ3) is 3.41. The Kier molecular flexibility index (Phi) is 4.95. The van der Waals surface area contributed by atoms with Crippen LogP contribution in [0.15, 0.2) is 12.1 Å². The number of carbonyl (C=O) groups is 2. The average Bonchev–Trinajstić information content (AvgIpc) is 2.39. The third-order valence-corrected chi connectivity index (χ3v) is 3.66. The van der Waals surface area contributed by atoms with Crippen LogP contribution in [-0.4, -0.2) is 41.1 Å². The predicted octanol–water partition coefficient (Wildman–Crippen LogP) is 2.77. The molecule has 0 saturated heterocycles. The van der Waals surface area contributed by atoms with Crippen molar-refractivity contribution in [2.24, 2.45) is 0 Å². The van der Waals surface area contributed by atoms with E-state index in [0.717, 1.165) is 0 Å². The van der Waals surface area contributed by atoms with Gasteiger partial charge in [-0.3, -0.25) is 4.79 Å². The quantitative estimate of drug-likeness (QED) is 0.863. The number of nitrogens with one attached hydrogen (secondary N) is 1. The largest absolute Gasteiger partial charge is 0.446 e. The van der Waals surface area contributed by atoms with Gasteiger partial charge in [-0.15, -0.1) is 0 Å². The molecule has 0 bridgehead atoms. The smallest absolute Gasteiger partial charge is 0.416 e. The SMILES string of the molecule is CSCC1C(=O)Nc2ccc(Cl)nc2N1C(=O)OC(C)C. The summed E-state index contributed by atoms with van der Waals surface area (Å²) in [4.78, 5) is 30.0. The number of carbonyl (C=O) groups excluding carboxylic acids is 2. The first kappa shape index (κ1) is 15.9. The van der Waals surface area contributed by atoms with Crippen LogP contribution in [0.1, 0.15) is 13.8 Å². The van der Waals surface area contributed by atoms with Gasteiger partial charge in [0.1, 0.15) is 11.2 Å². The van der Waals surface area contributed by atoms with Crippen molar-refractivity contribution in [2.45, 2.75) is 26.0 Å². The van der Waals surface area contributed by atoms with Crippen molar-refractivity contribution in [2.75, 3.05) is 22.2 Å². The number of fused-ring (bicyclic) bond motifs is 1. The van der Waals surface area contributed by atoms with E-state index in [1.54, 1.807) is 26.0 Å². The Morgan fingerprint density at radius 3 is 2.90 bits per heavy atom. The number of thioether (sulfide) groups is 1. The van der Waals surface area contributed by atoms with Crippen LogP contribution in [-0.2, 0) is 9.53 Å². The Morgan fingerprint density at radius 1 is 1.57 bits per heavy atom. The number of ether oxygens (including phenoxy) is 1. The minimum absolute atomic E-state index is 0.246. The normalized spacial score (nSPS) is 17.5. The standard InChI is InChI=1S/C13H16ClN3O3S/c1-7(2)20-13(19)17-9(6-21-3)12(18)15-8-4-5-10(14)16-11(8)17/h4-5,7,9H,6H2,1-3H3,(H,15,18). The van der Waals surface area contributed by atoms with Crippen molar-refractivity contribution in [1.82, 2.24) is 4.98 Å². The molecule has 21 heavy (non-hydrogen) atoms. The van der Waals surface area contributed by atoms with Crippen molar-refractivity contribution in [1.29, 1.82) is 0 Å². The zero-order chi connectivity index (χ0) is 15.6. The van der Waals surface area contributed by atoms with E-state index in [0.29, 0.717) is 17.3 Å². The summed E-state index contributed by atoms with van der Waals surface area (Å²) < 4.78 is 5.23. The van der Waals surface area contributed by atoms with Gasteiger partial charge < -0.3 is 10.1 Å². The molecule has 1 aliphatic heterocycles. The van der Waals surface area contributed by atoms with Gasteiger partial charge in [0.2, 0.25) is 5.91 Å². The number of amides is 2. The van der Waals surface area contributed by atoms with Crippen LogP contribution in [0.5, 0.6) is 0 Å². The molecule has 1 aliphatic rings. The van der Waals surface area contributed by atoms with Gasteiger partial charge in [-0.2, -0.15) is 11.8 Å². The monoisotopic (exact) mass is 329 g/mol. The van der Waals surface area contributed by atoms with Crippen LogP contribution in [0.2, 0.25) is 5.15 Å². The molecule has 0 aliphatic carbocycles. The summed E-state index contributed by atoms with van der Waals surface area (Å²) in [7, 11) is 0. The van der Waals surface area contributed by atoms with Crippen LogP contribution in [0, 0.1) is 0 Å². The number of pyridine rings is 1. The molecule has 1 aromatic heterocycles. The zero-order valence-corrected chi connectivity index (χ0v) is 13.5. The fourth-order valence-electron chi connectivity index (χ4n) is 1.97. The fraction of sp³-hybridized carbons (Fsp3) is 0.462. The molecule has 0 fully saturated rings. The first-order valence-electron chi connectivity index (χ1n) is 6.40. The fourth-order valence-corrected chi connectivity index (χ4v) is 2.73. The van der Waals surface area contributed by atoms with Crippen LogP contribution in [0.4, 0.5) is 16.3 Å². The number of rotatable bonds is 3. The minimum Gasteiger partial charge on any atom is -0.446 e. The van der Waals surface area contributed by atoms with Crippen molar-refractivity contribution in [3.63, 3.8) is 0 Å². The lowest BCUT2D eigenvalue weighted by Gasteiger charge is -2.34. The van der Waals surface area contributed by atoms with Gasteiger partial charge in [0.15, 0.2) is 5.82 Å². The summed E-state index contributed by atoms with van der Waals surface area (Å²) in [6.45, 7) is 3.50. The van der Waals surface area contributed by atoms with E-state index in [4.69, 9.17) is 16.3 Å². The molecule has 1 unspecified atom stereocenters. The topological polar surface area (TPSA) is 71.5 Å². The summed E-state index contributed by atoms with van der Waals surface area (Å²) in [5.41, 5.74) is 0.447. The summed E-state index contributed by atoms with van der Waals surface area (Å²) in [6.07, 6.45) is 0.968. The number of hydrogen-bond donors (Lipinski definition) is 1. The molecule has 1 atom stereocenters. The molecule has 2 rings (SSSR count). The van der Waals surface area contributed by atoms with Gasteiger partial charge in [0.25, 0.3) is 0 Å². The molecular formula is C13H16ClN3O3S. The lowest BCUT2D eigenvalue weighted by atomic mass is 10.2. The van der Waals surface area contributed by atoms with E-state index in [9.17, 15) is 9.59 Å². The van der Waals surface area contributed by atoms with E-state index >= 15 is 0 Å². The molecule has 0 saturated carbocycles. The van der Waals surface area contributed by atoms with Crippen molar-refractivity contribution in [3.05, 3.63) is 17.3 Å².